The minimum absolute atomic E-state index is 0.0259. The van der Waals surface area contributed by atoms with Crippen molar-refractivity contribution in [3.63, 3.8) is 0 Å². The summed E-state index contributed by atoms with van der Waals surface area (Å²) in [4.78, 5) is 59.4. The molecule has 2 fully saturated rings. The molecule has 47 heavy (non-hydrogen) atoms. The lowest BCUT2D eigenvalue weighted by atomic mass is 9.83. The Morgan fingerprint density at radius 3 is 2.32 bits per heavy atom. The molecule has 2 atom stereocenters. The number of nitrogens with one attached hydrogen (secondary N) is 3. The monoisotopic (exact) mass is 660 g/mol. The molecule has 0 bridgehead atoms. The van der Waals surface area contributed by atoms with Gasteiger partial charge >= 0.3 is 5.92 Å². The highest BCUT2D eigenvalue weighted by molar-refractivity contribution is 5.98. The normalized spacial score (nSPS) is 17.4. The van der Waals surface area contributed by atoms with E-state index in [9.17, 15) is 19.2 Å². The van der Waals surface area contributed by atoms with Crippen LogP contribution in [-0.2, 0) is 31.5 Å². The quantitative estimate of drug-likeness (QED) is 0.319. The fourth-order valence-electron chi connectivity index (χ4n) is 5.89. The molecule has 1 aliphatic heterocycles. The lowest BCUT2D eigenvalue weighted by Crippen LogP contribution is -2.54. The lowest BCUT2D eigenvalue weighted by molar-refractivity contribution is -0.149. The number of pyridine rings is 1. The summed E-state index contributed by atoms with van der Waals surface area (Å²) in [5.41, 5.74) is -0.464. The van der Waals surface area contributed by atoms with Crippen molar-refractivity contribution >= 4 is 29.3 Å². The third kappa shape index (κ3) is 9.21. The molecule has 256 valence electrons. The van der Waals surface area contributed by atoms with Gasteiger partial charge in [-0.2, -0.15) is 8.78 Å². The predicted molar refractivity (Wildman–Crippen MR) is 168 cm³/mol. The number of carbonyl (C=O) groups excluding carboxylic acids is 4. The molecular weight excluding hydrogens is 617 g/mol. The van der Waals surface area contributed by atoms with Gasteiger partial charge in [-0.3, -0.25) is 19.2 Å². The van der Waals surface area contributed by atoms with Crippen molar-refractivity contribution in [3.8, 4) is 5.88 Å². The van der Waals surface area contributed by atoms with Crippen molar-refractivity contribution in [1.82, 2.24) is 25.4 Å². The molecule has 11 nitrogen and oxygen atoms in total. The first-order chi connectivity index (χ1) is 22.4. The van der Waals surface area contributed by atoms with Crippen LogP contribution in [0.25, 0.3) is 0 Å². The van der Waals surface area contributed by atoms with Crippen LogP contribution in [0.3, 0.4) is 0 Å². The first-order valence-corrected chi connectivity index (χ1v) is 16.0. The van der Waals surface area contributed by atoms with Gasteiger partial charge < -0.3 is 30.5 Å². The molecule has 2 heterocycles. The summed E-state index contributed by atoms with van der Waals surface area (Å²) < 4.78 is 50.6. The van der Waals surface area contributed by atoms with Gasteiger partial charge in [-0.15, -0.1) is 0 Å². The molecule has 3 N–H and O–H groups in total. The van der Waals surface area contributed by atoms with Crippen molar-refractivity contribution in [2.75, 3.05) is 45.7 Å². The van der Waals surface area contributed by atoms with Crippen LogP contribution in [-0.4, -0.2) is 90.8 Å². The third-order valence-electron chi connectivity index (χ3n) is 8.78. The zero-order valence-electron chi connectivity index (χ0n) is 27.0. The van der Waals surface area contributed by atoms with E-state index in [1.807, 2.05) is 7.05 Å². The minimum atomic E-state index is -4.00. The SMILES string of the molecule is CCC(=O)NC(Cc1ccc(NC(=O)C(NC(=O)C(F)(F)c2ccc(OC)nc2)C2CCCCC2)c(F)c1)C(=O)N1CCN(C)CC1. The number of anilines is 1. The van der Waals surface area contributed by atoms with Gasteiger partial charge in [0.05, 0.1) is 12.8 Å². The molecule has 4 rings (SSSR count). The van der Waals surface area contributed by atoms with Crippen LogP contribution in [0.1, 0.15) is 56.6 Å². The van der Waals surface area contributed by atoms with E-state index in [-0.39, 0.29) is 36.2 Å². The number of ether oxygens (including phenoxy) is 1. The van der Waals surface area contributed by atoms with Gasteiger partial charge in [0.1, 0.15) is 17.9 Å². The Hall–Kier alpha value is -4.20. The highest BCUT2D eigenvalue weighted by Crippen LogP contribution is 2.32. The number of rotatable bonds is 12. The fraction of sp³-hybridized carbons (Fsp3) is 0.545. The number of likely N-dealkylation sites (N-methyl/N-ethyl adjacent to an activating group) is 1. The number of piperazine rings is 1. The number of aromatic nitrogens is 1. The molecule has 1 saturated heterocycles. The van der Waals surface area contributed by atoms with Crippen LogP contribution in [0.5, 0.6) is 5.88 Å². The van der Waals surface area contributed by atoms with Gasteiger partial charge in [-0.25, -0.2) is 9.37 Å². The summed E-state index contributed by atoms with van der Waals surface area (Å²) in [6.07, 6.45) is 4.53. The molecule has 0 spiro atoms. The largest absolute Gasteiger partial charge is 0.481 e. The molecule has 2 unspecified atom stereocenters. The van der Waals surface area contributed by atoms with Crippen molar-refractivity contribution in [2.45, 2.75) is 69.9 Å². The molecule has 1 saturated carbocycles. The third-order valence-corrected chi connectivity index (χ3v) is 8.78. The van der Waals surface area contributed by atoms with Gasteiger partial charge in [-0.1, -0.05) is 32.3 Å². The van der Waals surface area contributed by atoms with Crippen molar-refractivity contribution < 1.29 is 37.1 Å². The number of carbonyl (C=O) groups is 4. The Morgan fingerprint density at radius 2 is 1.72 bits per heavy atom. The van der Waals surface area contributed by atoms with Crippen molar-refractivity contribution in [2.24, 2.45) is 5.92 Å². The van der Waals surface area contributed by atoms with Crippen LogP contribution in [0.2, 0.25) is 0 Å². The van der Waals surface area contributed by atoms with Crippen LogP contribution < -0.4 is 20.7 Å². The van der Waals surface area contributed by atoms with Crippen LogP contribution in [0.15, 0.2) is 36.5 Å². The topological polar surface area (TPSA) is 133 Å². The smallest absolute Gasteiger partial charge is 0.351 e. The molecule has 1 aromatic heterocycles. The first-order valence-electron chi connectivity index (χ1n) is 16.0. The minimum Gasteiger partial charge on any atom is -0.481 e. The number of nitrogens with zero attached hydrogens (tertiary/aromatic N) is 3. The van der Waals surface area contributed by atoms with Crippen LogP contribution in [0, 0.1) is 11.7 Å². The Bertz CT molecular complexity index is 1410. The molecule has 2 aliphatic rings. The number of amides is 4. The van der Waals surface area contributed by atoms with E-state index in [2.05, 4.69) is 25.8 Å². The Morgan fingerprint density at radius 1 is 1.02 bits per heavy atom. The summed E-state index contributed by atoms with van der Waals surface area (Å²) in [7, 11) is 3.29. The fourth-order valence-corrected chi connectivity index (χ4v) is 5.89. The second-order valence-electron chi connectivity index (χ2n) is 12.1. The van der Waals surface area contributed by atoms with Crippen LogP contribution >= 0.6 is 0 Å². The van der Waals surface area contributed by atoms with Gasteiger partial charge in [0.2, 0.25) is 23.6 Å². The van der Waals surface area contributed by atoms with Gasteiger partial charge in [-0.05, 0) is 49.6 Å². The zero-order valence-corrected chi connectivity index (χ0v) is 27.0. The van der Waals surface area contributed by atoms with E-state index < -0.39 is 47.1 Å². The zero-order chi connectivity index (χ0) is 34.1. The molecule has 14 heteroatoms. The Labute approximate surface area is 272 Å². The van der Waals surface area contributed by atoms with Crippen molar-refractivity contribution in [1.29, 1.82) is 0 Å². The lowest BCUT2D eigenvalue weighted by Gasteiger charge is -2.34. The van der Waals surface area contributed by atoms with Gasteiger partial charge in [0, 0.05) is 56.8 Å². The van der Waals surface area contributed by atoms with Gasteiger partial charge in [0.15, 0.2) is 0 Å². The summed E-state index contributed by atoms with van der Waals surface area (Å²) in [6, 6.07) is 4.00. The van der Waals surface area contributed by atoms with Crippen LogP contribution in [0.4, 0.5) is 18.9 Å². The number of methoxy groups -OCH3 is 1. The van der Waals surface area contributed by atoms with E-state index in [1.54, 1.807) is 11.8 Å². The van der Waals surface area contributed by atoms with E-state index in [0.29, 0.717) is 44.6 Å². The predicted octanol–water partition coefficient (Wildman–Crippen LogP) is 3.24. The maximum absolute atomic E-state index is 15.4. The van der Waals surface area contributed by atoms with E-state index >= 15 is 13.2 Å². The first kappa shape index (κ1) is 35.7. The van der Waals surface area contributed by atoms with E-state index in [0.717, 1.165) is 37.6 Å². The summed E-state index contributed by atoms with van der Waals surface area (Å²) in [5.74, 6) is -8.20. The molecule has 4 amide bonds. The summed E-state index contributed by atoms with van der Waals surface area (Å²) >= 11 is 0. The summed E-state index contributed by atoms with van der Waals surface area (Å²) in [6.45, 7) is 4.08. The van der Waals surface area contributed by atoms with E-state index in [1.165, 1.54) is 25.3 Å². The highest BCUT2D eigenvalue weighted by Gasteiger charge is 2.44. The standard InChI is InChI=1S/C33H43F3N6O5/c1-4-27(43)38-26(31(45)42-16-14-41(2)15-17-42)19-21-10-12-25(24(34)18-21)39-30(44)29(22-8-6-5-7-9-22)40-32(46)33(35,36)23-11-13-28(47-3)37-20-23/h10-13,18,20,22,26,29H,4-9,14-17,19H2,1-3H3,(H,38,43)(H,39,44)(H,40,46). The average molecular weight is 661 g/mol. The average Bonchev–Trinajstić information content (AvgIpc) is 3.08. The number of halogens is 3. The number of hydrogen-bond acceptors (Lipinski definition) is 7. The summed E-state index contributed by atoms with van der Waals surface area (Å²) in [5, 5.41) is 7.44. The maximum atomic E-state index is 15.4. The molecular formula is C33H43F3N6O5. The Balaban J connectivity index is 1.48. The molecule has 0 radical (unpaired) electrons. The molecule has 1 aromatic carbocycles. The van der Waals surface area contributed by atoms with Gasteiger partial charge in [0.25, 0.3) is 5.91 Å². The maximum Gasteiger partial charge on any atom is 0.351 e. The highest BCUT2D eigenvalue weighted by atomic mass is 19.3. The Kier molecular flexibility index (Phi) is 12.2. The number of benzene rings is 1. The molecule has 2 aromatic rings. The second-order valence-corrected chi connectivity index (χ2v) is 12.1. The molecule has 1 aliphatic carbocycles. The number of hydrogen-bond donors (Lipinski definition) is 3. The van der Waals surface area contributed by atoms with E-state index in [4.69, 9.17) is 4.74 Å². The second kappa shape index (κ2) is 16.1. The van der Waals surface area contributed by atoms with Crippen molar-refractivity contribution in [3.05, 3.63) is 53.5 Å². The number of alkyl halides is 2.